The molecule has 2 atom stereocenters. The summed E-state index contributed by atoms with van der Waals surface area (Å²) in [4.78, 5) is 6.93. The van der Waals surface area contributed by atoms with E-state index in [9.17, 15) is 0 Å². The largest absolute Gasteiger partial charge is 0.381 e. The van der Waals surface area contributed by atoms with E-state index in [4.69, 9.17) is 9.47 Å². The summed E-state index contributed by atoms with van der Waals surface area (Å²) in [5.74, 6) is 0.638. The van der Waals surface area contributed by atoms with Crippen LogP contribution in [0.2, 0.25) is 0 Å². The molecule has 0 unspecified atom stereocenters. The van der Waals surface area contributed by atoms with Crippen LogP contribution in [0.4, 0.5) is 0 Å². The zero-order valence-corrected chi connectivity index (χ0v) is 12.5. The lowest BCUT2D eigenvalue weighted by Crippen LogP contribution is -2.51. The standard InChI is InChI=1S/C16H25N3O2/c1-2-5-18-15(3-1)11-17-12-16(14-4-8-21-13-14)19-6-9-20-10-7-19/h1-3,5,14,16-17H,4,6-13H2/t14-,16+/m0/s1. The number of pyridine rings is 1. The Balaban J connectivity index is 1.53. The van der Waals surface area contributed by atoms with E-state index in [1.807, 2.05) is 18.3 Å². The van der Waals surface area contributed by atoms with Gasteiger partial charge in [-0.1, -0.05) is 6.07 Å². The number of hydrogen-bond donors (Lipinski definition) is 1. The van der Waals surface area contributed by atoms with Crippen LogP contribution < -0.4 is 5.32 Å². The summed E-state index contributed by atoms with van der Waals surface area (Å²) >= 11 is 0. The molecule has 0 bridgehead atoms. The first kappa shape index (κ1) is 14.9. The van der Waals surface area contributed by atoms with Crippen molar-refractivity contribution in [3.05, 3.63) is 30.1 Å². The van der Waals surface area contributed by atoms with Crippen molar-refractivity contribution in [3.63, 3.8) is 0 Å². The van der Waals surface area contributed by atoms with Crippen molar-refractivity contribution in [2.75, 3.05) is 46.1 Å². The van der Waals surface area contributed by atoms with Crippen LogP contribution in [0, 0.1) is 5.92 Å². The van der Waals surface area contributed by atoms with E-state index in [0.29, 0.717) is 12.0 Å². The number of morpholine rings is 1. The van der Waals surface area contributed by atoms with E-state index >= 15 is 0 Å². The van der Waals surface area contributed by atoms with Gasteiger partial charge in [-0.25, -0.2) is 0 Å². The third kappa shape index (κ3) is 4.23. The fourth-order valence-corrected chi connectivity index (χ4v) is 3.21. The molecular weight excluding hydrogens is 266 g/mol. The summed E-state index contributed by atoms with van der Waals surface area (Å²) in [5.41, 5.74) is 1.10. The molecule has 0 aromatic carbocycles. The minimum Gasteiger partial charge on any atom is -0.381 e. The van der Waals surface area contributed by atoms with Gasteiger partial charge < -0.3 is 14.8 Å². The van der Waals surface area contributed by atoms with Crippen LogP contribution in [-0.2, 0) is 16.0 Å². The molecule has 3 rings (SSSR count). The molecule has 21 heavy (non-hydrogen) atoms. The fourth-order valence-electron chi connectivity index (χ4n) is 3.21. The highest BCUT2D eigenvalue weighted by atomic mass is 16.5. The Labute approximate surface area is 126 Å². The molecule has 0 radical (unpaired) electrons. The highest BCUT2D eigenvalue weighted by Gasteiger charge is 2.31. The highest BCUT2D eigenvalue weighted by Crippen LogP contribution is 2.21. The van der Waals surface area contributed by atoms with Crippen molar-refractivity contribution in [3.8, 4) is 0 Å². The molecule has 0 aliphatic carbocycles. The van der Waals surface area contributed by atoms with E-state index in [2.05, 4.69) is 21.3 Å². The van der Waals surface area contributed by atoms with E-state index in [0.717, 1.165) is 58.3 Å². The van der Waals surface area contributed by atoms with Gasteiger partial charge in [0, 0.05) is 50.9 Å². The first-order valence-electron chi connectivity index (χ1n) is 7.93. The molecule has 5 nitrogen and oxygen atoms in total. The Morgan fingerprint density at radius 1 is 1.24 bits per heavy atom. The quantitative estimate of drug-likeness (QED) is 0.844. The SMILES string of the molecule is c1ccc(CNC[C@H]([C@H]2CCOC2)N2CCOCC2)nc1. The van der Waals surface area contributed by atoms with E-state index in [1.54, 1.807) is 0 Å². The van der Waals surface area contributed by atoms with Crippen LogP contribution in [0.15, 0.2) is 24.4 Å². The smallest absolute Gasteiger partial charge is 0.0594 e. The molecule has 116 valence electrons. The van der Waals surface area contributed by atoms with Crippen LogP contribution in [-0.4, -0.2) is 62.0 Å². The van der Waals surface area contributed by atoms with Gasteiger partial charge in [0.1, 0.15) is 0 Å². The third-order valence-corrected chi connectivity index (χ3v) is 4.41. The Bertz CT molecular complexity index is 403. The molecule has 0 amide bonds. The van der Waals surface area contributed by atoms with E-state index in [1.165, 1.54) is 6.42 Å². The number of nitrogens with zero attached hydrogens (tertiary/aromatic N) is 2. The average molecular weight is 291 g/mol. The van der Waals surface area contributed by atoms with Crippen LogP contribution >= 0.6 is 0 Å². The minimum absolute atomic E-state index is 0.542. The number of ether oxygens (including phenoxy) is 2. The summed E-state index contributed by atoms with van der Waals surface area (Å²) in [6, 6.07) is 6.60. The number of hydrogen-bond acceptors (Lipinski definition) is 5. The molecule has 0 saturated carbocycles. The predicted octanol–water partition coefficient (Wildman–Crippen LogP) is 0.908. The maximum absolute atomic E-state index is 5.60. The lowest BCUT2D eigenvalue weighted by molar-refractivity contribution is 0.00135. The molecular formula is C16H25N3O2. The molecule has 5 heteroatoms. The fraction of sp³-hybridized carbons (Fsp3) is 0.688. The normalized spacial score (nSPS) is 25.0. The lowest BCUT2D eigenvalue weighted by atomic mass is 9.97. The van der Waals surface area contributed by atoms with Crippen molar-refractivity contribution < 1.29 is 9.47 Å². The monoisotopic (exact) mass is 291 g/mol. The maximum Gasteiger partial charge on any atom is 0.0594 e. The Morgan fingerprint density at radius 2 is 2.14 bits per heavy atom. The van der Waals surface area contributed by atoms with Crippen molar-refractivity contribution in [1.82, 2.24) is 15.2 Å². The van der Waals surface area contributed by atoms with Crippen molar-refractivity contribution >= 4 is 0 Å². The lowest BCUT2D eigenvalue weighted by Gasteiger charge is -2.37. The van der Waals surface area contributed by atoms with Crippen molar-refractivity contribution in [1.29, 1.82) is 0 Å². The van der Waals surface area contributed by atoms with Crippen LogP contribution in [0.5, 0.6) is 0 Å². The Hall–Kier alpha value is -1.01. The maximum atomic E-state index is 5.60. The number of nitrogens with one attached hydrogen (secondary N) is 1. The molecule has 1 aromatic heterocycles. The molecule has 2 aliphatic rings. The van der Waals surface area contributed by atoms with Gasteiger partial charge in [-0.15, -0.1) is 0 Å². The van der Waals surface area contributed by atoms with Crippen LogP contribution in [0.25, 0.3) is 0 Å². The van der Waals surface area contributed by atoms with E-state index < -0.39 is 0 Å². The van der Waals surface area contributed by atoms with Crippen molar-refractivity contribution in [2.45, 2.75) is 19.0 Å². The van der Waals surface area contributed by atoms with Gasteiger partial charge >= 0.3 is 0 Å². The van der Waals surface area contributed by atoms with Gasteiger partial charge in [-0.2, -0.15) is 0 Å². The minimum atomic E-state index is 0.542. The second-order valence-corrected chi connectivity index (χ2v) is 5.79. The molecule has 2 fully saturated rings. The second-order valence-electron chi connectivity index (χ2n) is 5.79. The molecule has 2 saturated heterocycles. The Kier molecular flexibility index (Phi) is 5.57. The summed E-state index contributed by atoms with van der Waals surface area (Å²) in [6.07, 6.45) is 3.02. The van der Waals surface area contributed by atoms with Gasteiger partial charge in [-0.3, -0.25) is 9.88 Å². The summed E-state index contributed by atoms with van der Waals surface area (Å²) < 4.78 is 11.1. The average Bonchev–Trinajstić information content (AvgIpc) is 3.07. The first-order valence-corrected chi connectivity index (χ1v) is 7.93. The summed E-state index contributed by atoms with van der Waals surface area (Å²) in [6.45, 7) is 7.40. The molecule has 1 aromatic rings. The zero-order chi connectivity index (χ0) is 14.3. The van der Waals surface area contributed by atoms with Crippen molar-refractivity contribution in [2.24, 2.45) is 5.92 Å². The highest BCUT2D eigenvalue weighted by molar-refractivity contribution is 5.03. The second kappa shape index (κ2) is 7.84. The third-order valence-electron chi connectivity index (χ3n) is 4.41. The number of aromatic nitrogens is 1. The van der Waals surface area contributed by atoms with Gasteiger partial charge in [0.15, 0.2) is 0 Å². The molecule has 0 spiro atoms. The van der Waals surface area contributed by atoms with Crippen LogP contribution in [0.3, 0.4) is 0 Å². The Morgan fingerprint density at radius 3 is 2.86 bits per heavy atom. The topological polar surface area (TPSA) is 46.6 Å². The number of rotatable bonds is 6. The van der Waals surface area contributed by atoms with Gasteiger partial charge in [0.25, 0.3) is 0 Å². The first-order chi connectivity index (χ1) is 10.4. The van der Waals surface area contributed by atoms with Gasteiger partial charge in [0.2, 0.25) is 0 Å². The molecule has 3 heterocycles. The molecule has 2 aliphatic heterocycles. The van der Waals surface area contributed by atoms with E-state index in [-0.39, 0.29) is 0 Å². The van der Waals surface area contributed by atoms with Crippen LogP contribution in [0.1, 0.15) is 12.1 Å². The summed E-state index contributed by atoms with van der Waals surface area (Å²) in [7, 11) is 0. The van der Waals surface area contributed by atoms with Gasteiger partial charge in [0.05, 0.1) is 25.5 Å². The molecule has 1 N–H and O–H groups in total. The summed E-state index contributed by atoms with van der Waals surface area (Å²) in [5, 5.41) is 3.58. The van der Waals surface area contributed by atoms with Gasteiger partial charge in [-0.05, 0) is 18.6 Å². The predicted molar refractivity (Wildman–Crippen MR) is 81.0 cm³/mol. The zero-order valence-electron chi connectivity index (χ0n) is 12.5.